The number of anilines is 1. The lowest BCUT2D eigenvalue weighted by Gasteiger charge is -2.13. The Kier molecular flexibility index (Phi) is 8.42. The Morgan fingerprint density at radius 3 is 2.64 bits per heavy atom. The summed E-state index contributed by atoms with van der Waals surface area (Å²) >= 11 is 2.45. The molecule has 1 fully saturated rings. The van der Waals surface area contributed by atoms with Gasteiger partial charge < -0.3 is 15.0 Å². The van der Waals surface area contributed by atoms with Gasteiger partial charge in [0.1, 0.15) is 10.6 Å². The summed E-state index contributed by atoms with van der Waals surface area (Å²) in [7, 11) is 3.37. The number of benzene rings is 1. The number of thioether (sulfide) groups is 1. The lowest BCUT2D eigenvalue weighted by atomic mass is 10.2. The Labute approximate surface area is 219 Å². The van der Waals surface area contributed by atoms with E-state index in [-0.39, 0.29) is 17.6 Å². The van der Waals surface area contributed by atoms with Gasteiger partial charge in [0.15, 0.2) is 16.1 Å². The number of amides is 2. The largest absolute Gasteiger partial charge is 0.490 e. The van der Waals surface area contributed by atoms with E-state index in [9.17, 15) is 9.59 Å². The molecule has 1 aliphatic rings. The van der Waals surface area contributed by atoms with Crippen LogP contribution in [0.3, 0.4) is 0 Å². The van der Waals surface area contributed by atoms with Gasteiger partial charge in [-0.1, -0.05) is 29.2 Å². The normalized spacial score (nSPS) is 13.5. The van der Waals surface area contributed by atoms with Crippen molar-refractivity contribution in [2.24, 2.45) is 0 Å². The predicted molar refractivity (Wildman–Crippen MR) is 143 cm³/mol. The summed E-state index contributed by atoms with van der Waals surface area (Å²) in [6.45, 7) is 6.11. The first kappa shape index (κ1) is 25.9. The van der Waals surface area contributed by atoms with E-state index in [4.69, 9.17) is 4.74 Å². The Bertz CT molecular complexity index is 1230. The highest BCUT2D eigenvalue weighted by Crippen LogP contribution is 2.29. The number of hydrogen-bond donors (Lipinski definition) is 1. The van der Waals surface area contributed by atoms with Crippen LogP contribution in [0, 0.1) is 6.92 Å². The molecular formula is C25H30N6O3S2. The second-order valence-electron chi connectivity index (χ2n) is 8.72. The molecule has 190 valence electrons. The zero-order valence-corrected chi connectivity index (χ0v) is 22.3. The van der Waals surface area contributed by atoms with Crippen molar-refractivity contribution in [1.82, 2.24) is 24.6 Å². The van der Waals surface area contributed by atoms with Crippen LogP contribution >= 0.6 is 23.1 Å². The third-order valence-electron chi connectivity index (χ3n) is 5.72. The van der Waals surface area contributed by atoms with Gasteiger partial charge in [-0.05, 0) is 56.9 Å². The molecule has 0 unspecified atom stereocenters. The number of thiazole rings is 1. The monoisotopic (exact) mass is 526 g/mol. The van der Waals surface area contributed by atoms with Crippen molar-refractivity contribution in [1.29, 1.82) is 0 Å². The molecule has 9 nitrogen and oxygen atoms in total. The van der Waals surface area contributed by atoms with Crippen LogP contribution in [-0.4, -0.2) is 62.4 Å². The van der Waals surface area contributed by atoms with Crippen molar-refractivity contribution in [3.05, 3.63) is 47.5 Å². The fraction of sp³-hybridized carbons (Fsp3) is 0.400. The van der Waals surface area contributed by atoms with Gasteiger partial charge in [-0.3, -0.25) is 14.2 Å². The molecule has 0 aliphatic heterocycles. The van der Waals surface area contributed by atoms with E-state index in [1.807, 2.05) is 28.8 Å². The minimum Gasteiger partial charge on any atom is -0.490 e. The van der Waals surface area contributed by atoms with E-state index < -0.39 is 0 Å². The Hall–Kier alpha value is -3.18. The number of aryl methyl sites for hydroxylation is 1. The summed E-state index contributed by atoms with van der Waals surface area (Å²) in [5.74, 6) is 1.31. The van der Waals surface area contributed by atoms with E-state index in [0.29, 0.717) is 39.3 Å². The average molecular weight is 527 g/mol. The SMILES string of the molecule is C=CCn1c(SCC(=O)Nc2nc(C)c(C(=O)N(C)C)s2)nnc1-c1ccc(OC2CCCC2)cc1. The number of nitrogens with zero attached hydrogens (tertiary/aromatic N) is 5. The summed E-state index contributed by atoms with van der Waals surface area (Å²) < 4.78 is 7.99. The van der Waals surface area contributed by atoms with E-state index in [2.05, 4.69) is 27.1 Å². The maximum Gasteiger partial charge on any atom is 0.265 e. The molecule has 4 rings (SSSR count). The van der Waals surface area contributed by atoms with Gasteiger partial charge in [-0.15, -0.1) is 16.8 Å². The molecule has 2 aromatic heterocycles. The van der Waals surface area contributed by atoms with Crippen LogP contribution in [0.2, 0.25) is 0 Å². The van der Waals surface area contributed by atoms with Gasteiger partial charge in [0.2, 0.25) is 5.91 Å². The summed E-state index contributed by atoms with van der Waals surface area (Å²) in [6, 6.07) is 7.89. The molecule has 0 atom stereocenters. The highest BCUT2D eigenvalue weighted by Gasteiger charge is 2.20. The van der Waals surface area contributed by atoms with Crippen LogP contribution in [0.5, 0.6) is 5.75 Å². The molecule has 1 saturated carbocycles. The number of nitrogens with one attached hydrogen (secondary N) is 1. The van der Waals surface area contributed by atoms with Gasteiger partial charge in [-0.25, -0.2) is 4.98 Å². The maximum absolute atomic E-state index is 12.6. The second-order valence-corrected chi connectivity index (χ2v) is 10.7. The molecule has 2 heterocycles. The molecule has 3 aromatic rings. The standard InChI is InChI=1S/C25H30N6O3S2/c1-5-14-31-22(17-10-12-19(13-11-17)34-18-8-6-7-9-18)28-29-25(31)35-15-20(32)27-24-26-16(2)21(36-24)23(33)30(3)4/h5,10-13,18H,1,6-9,14-15H2,2-4H3,(H,26,27,32). The summed E-state index contributed by atoms with van der Waals surface area (Å²) in [4.78, 5) is 31.1. The van der Waals surface area contributed by atoms with Gasteiger partial charge in [0.25, 0.3) is 5.91 Å². The minimum atomic E-state index is -0.235. The molecule has 1 aliphatic carbocycles. The van der Waals surface area contributed by atoms with Crippen molar-refractivity contribution in [2.45, 2.75) is 50.4 Å². The van der Waals surface area contributed by atoms with Crippen LogP contribution in [0.25, 0.3) is 11.4 Å². The lowest BCUT2D eigenvalue weighted by Crippen LogP contribution is -2.21. The third kappa shape index (κ3) is 6.14. The average Bonchev–Trinajstić information content (AvgIpc) is 3.59. The molecule has 36 heavy (non-hydrogen) atoms. The van der Waals surface area contributed by atoms with Crippen molar-refractivity contribution in [3.8, 4) is 17.1 Å². The van der Waals surface area contributed by atoms with Crippen molar-refractivity contribution in [3.63, 3.8) is 0 Å². The predicted octanol–water partition coefficient (Wildman–Crippen LogP) is 4.65. The van der Waals surface area contributed by atoms with Gasteiger partial charge in [0.05, 0.1) is 17.6 Å². The van der Waals surface area contributed by atoms with Crippen LogP contribution in [0.4, 0.5) is 5.13 Å². The van der Waals surface area contributed by atoms with Crippen molar-refractivity contribution in [2.75, 3.05) is 25.2 Å². The smallest absolute Gasteiger partial charge is 0.265 e. The summed E-state index contributed by atoms with van der Waals surface area (Å²) in [5.41, 5.74) is 1.51. The molecule has 2 amide bonds. The molecule has 1 aromatic carbocycles. The van der Waals surface area contributed by atoms with E-state index in [1.165, 1.54) is 40.8 Å². The van der Waals surface area contributed by atoms with E-state index >= 15 is 0 Å². The molecule has 0 bridgehead atoms. The fourth-order valence-corrected chi connectivity index (χ4v) is 5.67. The molecular weight excluding hydrogens is 496 g/mol. The van der Waals surface area contributed by atoms with Gasteiger partial charge in [0, 0.05) is 26.2 Å². The molecule has 0 spiro atoms. The minimum absolute atomic E-state index is 0.124. The van der Waals surface area contributed by atoms with Crippen molar-refractivity contribution >= 4 is 40.0 Å². The number of carbonyl (C=O) groups excluding carboxylic acids is 2. The lowest BCUT2D eigenvalue weighted by molar-refractivity contribution is -0.113. The quantitative estimate of drug-likeness (QED) is 0.303. The first-order valence-electron chi connectivity index (χ1n) is 11.8. The zero-order valence-electron chi connectivity index (χ0n) is 20.7. The van der Waals surface area contributed by atoms with Gasteiger partial charge >= 0.3 is 0 Å². The van der Waals surface area contributed by atoms with Crippen LogP contribution < -0.4 is 10.1 Å². The number of aromatic nitrogens is 4. The third-order valence-corrected chi connectivity index (χ3v) is 7.75. The number of ether oxygens (including phenoxy) is 1. The van der Waals surface area contributed by atoms with Crippen LogP contribution in [-0.2, 0) is 11.3 Å². The Morgan fingerprint density at radius 2 is 1.97 bits per heavy atom. The number of hydrogen-bond acceptors (Lipinski definition) is 8. The van der Waals surface area contributed by atoms with Crippen LogP contribution in [0.1, 0.15) is 41.0 Å². The maximum atomic E-state index is 12.6. The number of rotatable bonds is 10. The van der Waals surface area contributed by atoms with Gasteiger partial charge in [-0.2, -0.15) is 0 Å². The zero-order chi connectivity index (χ0) is 25.7. The van der Waals surface area contributed by atoms with E-state index in [0.717, 1.165) is 24.2 Å². The van der Waals surface area contributed by atoms with E-state index in [1.54, 1.807) is 27.1 Å². The topological polar surface area (TPSA) is 102 Å². The molecule has 0 saturated heterocycles. The first-order valence-corrected chi connectivity index (χ1v) is 13.6. The Morgan fingerprint density at radius 1 is 1.25 bits per heavy atom. The Balaban J connectivity index is 1.40. The summed E-state index contributed by atoms with van der Waals surface area (Å²) in [5, 5.41) is 12.5. The van der Waals surface area contributed by atoms with Crippen molar-refractivity contribution < 1.29 is 14.3 Å². The second kappa shape index (κ2) is 11.7. The number of allylic oxidation sites excluding steroid dienone is 1. The summed E-state index contributed by atoms with van der Waals surface area (Å²) in [6.07, 6.45) is 6.76. The molecule has 1 N–H and O–H groups in total. The van der Waals surface area contributed by atoms with Crippen LogP contribution in [0.15, 0.2) is 42.1 Å². The fourth-order valence-electron chi connectivity index (χ4n) is 3.92. The highest BCUT2D eigenvalue weighted by molar-refractivity contribution is 7.99. The number of carbonyl (C=O) groups is 2. The molecule has 0 radical (unpaired) electrons. The first-order chi connectivity index (χ1) is 17.4. The highest BCUT2D eigenvalue weighted by atomic mass is 32.2. The molecule has 11 heteroatoms.